The molecule has 5 nitrogen and oxygen atoms in total. The summed E-state index contributed by atoms with van der Waals surface area (Å²) in [4.78, 5) is 11.8. The average Bonchev–Trinajstić information content (AvgIpc) is 2.96. The summed E-state index contributed by atoms with van der Waals surface area (Å²) < 4.78 is 7.22. The highest BCUT2D eigenvalue weighted by atomic mass is 16.5. The number of ether oxygens (including phenoxy) is 1. The molecule has 0 unspecified atom stereocenters. The van der Waals surface area contributed by atoms with Crippen molar-refractivity contribution in [3.8, 4) is 5.75 Å². The van der Waals surface area contributed by atoms with Gasteiger partial charge in [-0.05, 0) is 19.1 Å². The highest BCUT2D eigenvalue weighted by Gasteiger charge is 2.21. The van der Waals surface area contributed by atoms with Crippen LogP contribution in [0.15, 0.2) is 48.5 Å². The van der Waals surface area contributed by atoms with Gasteiger partial charge in [-0.15, -0.1) is 0 Å². The fourth-order valence-corrected chi connectivity index (χ4v) is 3.30. The molecule has 0 aliphatic carbocycles. The first-order valence-electron chi connectivity index (χ1n) is 8.33. The molecule has 3 aromatic rings. The number of aromatic carboxylic acids is 1. The number of benzene rings is 2. The third-order valence-corrected chi connectivity index (χ3v) is 4.40. The second-order valence-electron chi connectivity index (χ2n) is 5.81. The van der Waals surface area contributed by atoms with E-state index in [1.165, 1.54) is 0 Å². The summed E-state index contributed by atoms with van der Waals surface area (Å²) in [5.41, 5.74) is 3.17. The van der Waals surface area contributed by atoms with Crippen molar-refractivity contribution in [1.82, 2.24) is 9.88 Å². The number of carbonyl (C=O) groups is 1. The Morgan fingerprint density at radius 1 is 1.12 bits per heavy atom. The van der Waals surface area contributed by atoms with Crippen molar-refractivity contribution in [2.45, 2.75) is 26.6 Å². The molecule has 3 rings (SSSR count). The number of methoxy groups -OCH3 is 1. The third kappa shape index (κ3) is 3.23. The fourth-order valence-electron chi connectivity index (χ4n) is 3.30. The molecule has 1 heterocycles. The number of aryl methyl sites for hydroxylation is 1. The van der Waals surface area contributed by atoms with Gasteiger partial charge in [0.1, 0.15) is 11.4 Å². The Kier molecular flexibility index (Phi) is 5.05. The Labute approximate surface area is 146 Å². The molecule has 130 valence electrons. The van der Waals surface area contributed by atoms with Crippen molar-refractivity contribution in [3.05, 3.63) is 65.4 Å². The lowest BCUT2D eigenvalue weighted by atomic mass is 10.1. The van der Waals surface area contributed by atoms with Gasteiger partial charge in [0.25, 0.3) is 0 Å². The first-order valence-corrected chi connectivity index (χ1v) is 8.33. The standard InChI is InChI=1S/C20H22N2O3/c1-3-22-17-10-6-5-9-15(17)16(19(22)20(23)24)13-21-12-14-8-4-7-11-18(14)25-2/h4-11,21H,3,12-13H2,1-2H3,(H,23,24). The van der Waals surface area contributed by atoms with E-state index in [0.717, 1.165) is 27.8 Å². The summed E-state index contributed by atoms with van der Waals surface area (Å²) in [5.74, 6) is -0.0726. The van der Waals surface area contributed by atoms with Crippen LogP contribution in [0.2, 0.25) is 0 Å². The quantitative estimate of drug-likeness (QED) is 0.690. The van der Waals surface area contributed by atoms with E-state index in [2.05, 4.69) is 5.32 Å². The predicted molar refractivity (Wildman–Crippen MR) is 98.1 cm³/mol. The first-order chi connectivity index (χ1) is 12.2. The van der Waals surface area contributed by atoms with Gasteiger partial charge < -0.3 is 19.7 Å². The maximum absolute atomic E-state index is 11.8. The zero-order chi connectivity index (χ0) is 17.8. The van der Waals surface area contributed by atoms with Gasteiger partial charge in [-0.1, -0.05) is 36.4 Å². The Bertz CT molecular complexity index is 899. The third-order valence-electron chi connectivity index (χ3n) is 4.40. The molecule has 0 aliphatic rings. The van der Waals surface area contributed by atoms with Gasteiger partial charge >= 0.3 is 5.97 Å². The van der Waals surface area contributed by atoms with Crippen LogP contribution < -0.4 is 10.1 Å². The lowest BCUT2D eigenvalue weighted by Gasteiger charge is -2.10. The Morgan fingerprint density at radius 2 is 1.84 bits per heavy atom. The number of fused-ring (bicyclic) bond motifs is 1. The van der Waals surface area contributed by atoms with E-state index in [0.29, 0.717) is 25.3 Å². The second kappa shape index (κ2) is 7.40. The van der Waals surface area contributed by atoms with Crippen LogP contribution in [0.3, 0.4) is 0 Å². The van der Waals surface area contributed by atoms with Crippen molar-refractivity contribution in [2.75, 3.05) is 7.11 Å². The van der Waals surface area contributed by atoms with E-state index < -0.39 is 5.97 Å². The Hall–Kier alpha value is -2.79. The average molecular weight is 338 g/mol. The second-order valence-corrected chi connectivity index (χ2v) is 5.81. The van der Waals surface area contributed by atoms with E-state index in [4.69, 9.17) is 4.74 Å². The minimum atomic E-state index is -0.896. The largest absolute Gasteiger partial charge is 0.496 e. The molecule has 1 aromatic heterocycles. The number of rotatable bonds is 7. The summed E-state index contributed by atoms with van der Waals surface area (Å²) in [5, 5.41) is 14.1. The molecular formula is C20H22N2O3. The minimum absolute atomic E-state index is 0.358. The lowest BCUT2D eigenvalue weighted by molar-refractivity contribution is 0.0684. The molecule has 2 N–H and O–H groups in total. The van der Waals surface area contributed by atoms with Crippen molar-refractivity contribution in [3.63, 3.8) is 0 Å². The fraction of sp³-hybridized carbons (Fsp3) is 0.250. The van der Waals surface area contributed by atoms with Gasteiger partial charge in [0.2, 0.25) is 0 Å². The number of para-hydroxylation sites is 2. The number of aromatic nitrogens is 1. The van der Waals surface area contributed by atoms with Crippen LogP contribution in [0.4, 0.5) is 0 Å². The molecule has 0 aliphatic heterocycles. The Balaban J connectivity index is 1.91. The summed E-state index contributed by atoms with van der Waals surface area (Å²) in [6, 6.07) is 15.6. The van der Waals surface area contributed by atoms with Crippen LogP contribution in [0.1, 0.15) is 28.5 Å². The number of nitrogens with one attached hydrogen (secondary N) is 1. The van der Waals surface area contributed by atoms with Crippen LogP contribution in [-0.2, 0) is 19.6 Å². The van der Waals surface area contributed by atoms with Gasteiger partial charge in [0.05, 0.1) is 7.11 Å². The zero-order valence-electron chi connectivity index (χ0n) is 14.5. The maximum atomic E-state index is 11.8. The highest BCUT2D eigenvalue weighted by Crippen LogP contribution is 2.27. The molecule has 5 heteroatoms. The smallest absolute Gasteiger partial charge is 0.352 e. The molecule has 0 spiro atoms. The van der Waals surface area contributed by atoms with Gasteiger partial charge in [-0.25, -0.2) is 4.79 Å². The number of hydrogen-bond donors (Lipinski definition) is 2. The SMILES string of the molecule is CCn1c(C(=O)O)c(CNCc2ccccc2OC)c2ccccc21. The number of carboxylic acids is 1. The van der Waals surface area contributed by atoms with Crippen molar-refractivity contribution in [2.24, 2.45) is 0 Å². The zero-order valence-corrected chi connectivity index (χ0v) is 14.5. The van der Waals surface area contributed by atoms with Gasteiger partial charge in [-0.2, -0.15) is 0 Å². The summed E-state index contributed by atoms with van der Waals surface area (Å²) >= 11 is 0. The minimum Gasteiger partial charge on any atom is -0.496 e. The van der Waals surface area contributed by atoms with E-state index in [1.807, 2.05) is 60.0 Å². The van der Waals surface area contributed by atoms with Gasteiger partial charge in [0, 0.05) is 41.7 Å². The molecule has 0 amide bonds. The van der Waals surface area contributed by atoms with Gasteiger partial charge in [0.15, 0.2) is 0 Å². The van der Waals surface area contributed by atoms with E-state index >= 15 is 0 Å². The molecule has 25 heavy (non-hydrogen) atoms. The van der Waals surface area contributed by atoms with E-state index in [9.17, 15) is 9.90 Å². The first kappa shape index (κ1) is 17.0. The van der Waals surface area contributed by atoms with Crippen LogP contribution >= 0.6 is 0 Å². The molecule has 0 bridgehead atoms. The molecule has 0 atom stereocenters. The monoisotopic (exact) mass is 338 g/mol. The number of nitrogens with zero attached hydrogens (tertiary/aromatic N) is 1. The molecule has 2 aromatic carbocycles. The summed E-state index contributed by atoms with van der Waals surface area (Å²) in [6.07, 6.45) is 0. The van der Waals surface area contributed by atoms with Crippen molar-refractivity contribution < 1.29 is 14.6 Å². The predicted octanol–water partition coefficient (Wildman–Crippen LogP) is 3.66. The molecule has 0 saturated heterocycles. The number of carboxylic acid groups (broad SMARTS) is 1. The summed E-state index contributed by atoms with van der Waals surface area (Å²) in [7, 11) is 1.65. The van der Waals surface area contributed by atoms with Crippen LogP contribution in [0.5, 0.6) is 5.75 Å². The number of hydrogen-bond acceptors (Lipinski definition) is 3. The molecular weight excluding hydrogens is 316 g/mol. The van der Waals surface area contributed by atoms with Crippen molar-refractivity contribution >= 4 is 16.9 Å². The molecule has 0 fully saturated rings. The topological polar surface area (TPSA) is 63.5 Å². The van der Waals surface area contributed by atoms with Crippen LogP contribution in [0, 0.1) is 0 Å². The maximum Gasteiger partial charge on any atom is 0.352 e. The van der Waals surface area contributed by atoms with Crippen LogP contribution in [-0.4, -0.2) is 22.8 Å². The van der Waals surface area contributed by atoms with Gasteiger partial charge in [-0.3, -0.25) is 0 Å². The highest BCUT2D eigenvalue weighted by molar-refractivity contribution is 5.98. The summed E-state index contributed by atoms with van der Waals surface area (Å²) in [6.45, 7) is 3.67. The van der Waals surface area contributed by atoms with Crippen LogP contribution in [0.25, 0.3) is 10.9 Å². The lowest BCUT2D eigenvalue weighted by Crippen LogP contribution is -2.17. The van der Waals surface area contributed by atoms with Crippen molar-refractivity contribution in [1.29, 1.82) is 0 Å². The van der Waals surface area contributed by atoms with E-state index in [-0.39, 0.29) is 0 Å². The van der Waals surface area contributed by atoms with E-state index in [1.54, 1.807) is 7.11 Å². The normalized spacial score (nSPS) is 11.0. The molecule has 0 saturated carbocycles. The molecule has 0 radical (unpaired) electrons. The Morgan fingerprint density at radius 3 is 2.56 bits per heavy atom.